The lowest BCUT2D eigenvalue weighted by atomic mass is 10.1. The minimum absolute atomic E-state index is 0.0204. The van der Waals surface area contributed by atoms with E-state index in [4.69, 9.17) is 4.74 Å². The number of nitrogens with one attached hydrogen (secondary N) is 1. The van der Waals surface area contributed by atoms with E-state index in [1.807, 2.05) is 81.4 Å². The molecular weight excluding hydrogens is 452 g/mol. The van der Waals surface area contributed by atoms with Gasteiger partial charge in [0.1, 0.15) is 28.6 Å². The van der Waals surface area contributed by atoms with E-state index in [1.54, 1.807) is 12.3 Å². The minimum atomic E-state index is -0.570. The first-order valence-electron chi connectivity index (χ1n) is 11.6. The zero-order chi connectivity index (χ0) is 25.7. The fourth-order valence-corrected chi connectivity index (χ4v) is 3.95. The number of benzene rings is 2. The smallest absolute Gasteiger partial charge is 0.269 e. The molecule has 36 heavy (non-hydrogen) atoms. The van der Waals surface area contributed by atoms with Gasteiger partial charge in [-0.2, -0.15) is 10.2 Å². The number of ether oxygens (including phenoxy) is 1. The summed E-state index contributed by atoms with van der Waals surface area (Å²) in [6, 6.07) is 20.9. The van der Waals surface area contributed by atoms with Crippen LogP contribution in [0.15, 0.2) is 77.2 Å². The predicted octanol–water partition coefficient (Wildman–Crippen LogP) is 4.68. The molecule has 0 unspecified atom stereocenters. The second-order valence-corrected chi connectivity index (χ2v) is 8.61. The molecule has 0 saturated heterocycles. The first kappa shape index (κ1) is 24.4. The Morgan fingerprint density at radius 3 is 2.50 bits per heavy atom. The van der Waals surface area contributed by atoms with E-state index in [-0.39, 0.29) is 17.0 Å². The van der Waals surface area contributed by atoms with Crippen molar-refractivity contribution < 1.29 is 9.53 Å². The van der Waals surface area contributed by atoms with Crippen LogP contribution in [0, 0.1) is 32.1 Å². The van der Waals surface area contributed by atoms with Gasteiger partial charge in [0.15, 0.2) is 0 Å². The summed E-state index contributed by atoms with van der Waals surface area (Å²) in [6.45, 7) is 6.09. The third kappa shape index (κ3) is 5.50. The van der Waals surface area contributed by atoms with Crippen molar-refractivity contribution in [2.75, 3.05) is 6.54 Å². The van der Waals surface area contributed by atoms with E-state index in [1.165, 1.54) is 10.5 Å². The number of carbonyl (C=O) groups is 1. The molecule has 0 spiro atoms. The van der Waals surface area contributed by atoms with Crippen molar-refractivity contribution >= 4 is 17.6 Å². The van der Waals surface area contributed by atoms with Crippen LogP contribution in [0.1, 0.15) is 27.8 Å². The normalized spacial score (nSPS) is 11.2. The Morgan fingerprint density at radius 1 is 1.08 bits per heavy atom. The van der Waals surface area contributed by atoms with Crippen molar-refractivity contribution in [2.24, 2.45) is 0 Å². The highest BCUT2D eigenvalue weighted by Gasteiger charge is 2.18. The van der Waals surface area contributed by atoms with Crippen molar-refractivity contribution in [1.29, 1.82) is 5.26 Å². The van der Waals surface area contributed by atoms with Gasteiger partial charge in [0.2, 0.25) is 5.88 Å². The van der Waals surface area contributed by atoms with Crippen LogP contribution in [-0.4, -0.2) is 21.8 Å². The predicted molar refractivity (Wildman–Crippen MR) is 139 cm³/mol. The molecule has 0 atom stereocenters. The van der Waals surface area contributed by atoms with E-state index >= 15 is 0 Å². The number of carbonyl (C=O) groups excluding carboxylic acids is 1. The number of aryl methyl sites for hydroxylation is 3. The number of aromatic nitrogens is 2. The Labute approximate surface area is 209 Å². The molecule has 2 aromatic carbocycles. The molecule has 0 aliphatic rings. The van der Waals surface area contributed by atoms with Crippen LogP contribution < -0.4 is 15.6 Å². The fourth-order valence-electron chi connectivity index (χ4n) is 3.95. The molecule has 0 saturated carbocycles. The summed E-state index contributed by atoms with van der Waals surface area (Å²) in [7, 11) is 0. The maximum Gasteiger partial charge on any atom is 0.269 e. The Balaban J connectivity index is 1.72. The van der Waals surface area contributed by atoms with Gasteiger partial charge in [0, 0.05) is 12.7 Å². The Morgan fingerprint density at radius 2 is 1.81 bits per heavy atom. The number of hydrogen-bond donors (Lipinski definition) is 1. The zero-order valence-electron chi connectivity index (χ0n) is 20.4. The van der Waals surface area contributed by atoms with E-state index in [0.717, 1.165) is 22.3 Å². The van der Waals surface area contributed by atoms with Crippen molar-refractivity contribution in [3.8, 4) is 17.7 Å². The van der Waals surface area contributed by atoms with Gasteiger partial charge in [-0.1, -0.05) is 42.5 Å². The molecule has 0 bridgehead atoms. The van der Waals surface area contributed by atoms with Crippen LogP contribution in [0.4, 0.5) is 0 Å². The number of amides is 1. The molecule has 4 rings (SSSR count). The molecule has 0 fully saturated rings. The number of pyridine rings is 1. The summed E-state index contributed by atoms with van der Waals surface area (Å²) in [5.74, 6) is -0.0264. The largest absolute Gasteiger partial charge is 0.438 e. The van der Waals surface area contributed by atoms with Crippen molar-refractivity contribution in [2.45, 2.75) is 27.2 Å². The number of hydrogen-bond acceptors (Lipinski definition) is 5. The van der Waals surface area contributed by atoms with E-state index in [9.17, 15) is 14.9 Å². The highest BCUT2D eigenvalue weighted by molar-refractivity contribution is 6.01. The third-order valence-corrected chi connectivity index (χ3v) is 5.65. The Kier molecular flexibility index (Phi) is 7.26. The molecule has 180 valence electrons. The highest BCUT2D eigenvalue weighted by atomic mass is 16.5. The Bertz CT molecular complexity index is 1540. The standard InChI is InChI=1S/C29H26N4O3/c1-19-14-20(2)16-24(15-19)36-28-25(29(35)33-13-7-8-21(3)26(33)32-28)17-23(18-30)27(34)31-12-11-22-9-5-4-6-10-22/h4-10,13-17H,11-12H2,1-3H3,(H,31,34). The van der Waals surface area contributed by atoms with Crippen LogP contribution >= 0.6 is 0 Å². The SMILES string of the molecule is Cc1cc(C)cc(Oc2nc3c(C)cccn3c(=O)c2C=C(C#N)C(=O)NCCc2ccccc2)c1. The fraction of sp³-hybridized carbons (Fsp3) is 0.172. The molecule has 2 heterocycles. The molecule has 7 heteroatoms. The molecule has 4 aromatic rings. The van der Waals surface area contributed by atoms with Gasteiger partial charge >= 0.3 is 0 Å². The summed E-state index contributed by atoms with van der Waals surface area (Å²) < 4.78 is 7.46. The summed E-state index contributed by atoms with van der Waals surface area (Å²) in [6.07, 6.45) is 3.47. The molecule has 1 N–H and O–H groups in total. The monoisotopic (exact) mass is 478 g/mol. The van der Waals surface area contributed by atoms with Gasteiger partial charge < -0.3 is 10.1 Å². The van der Waals surface area contributed by atoms with Gasteiger partial charge in [-0.3, -0.25) is 14.0 Å². The molecule has 0 radical (unpaired) electrons. The van der Waals surface area contributed by atoms with Crippen molar-refractivity contribution in [3.63, 3.8) is 0 Å². The maximum absolute atomic E-state index is 13.5. The number of nitrogens with zero attached hydrogens (tertiary/aromatic N) is 3. The third-order valence-electron chi connectivity index (χ3n) is 5.65. The van der Waals surface area contributed by atoms with E-state index in [2.05, 4.69) is 10.3 Å². The minimum Gasteiger partial charge on any atom is -0.438 e. The lowest BCUT2D eigenvalue weighted by Crippen LogP contribution is -2.27. The zero-order valence-corrected chi connectivity index (χ0v) is 20.4. The second kappa shape index (κ2) is 10.7. The van der Waals surface area contributed by atoms with Crippen LogP contribution in [0.3, 0.4) is 0 Å². The molecule has 0 aliphatic heterocycles. The van der Waals surface area contributed by atoms with Gasteiger partial charge in [0.05, 0.1) is 0 Å². The average molecular weight is 479 g/mol. The van der Waals surface area contributed by atoms with Crippen LogP contribution in [0.5, 0.6) is 11.6 Å². The van der Waals surface area contributed by atoms with Crippen LogP contribution in [-0.2, 0) is 11.2 Å². The quantitative estimate of drug-likeness (QED) is 0.307. The van der Waals surface area contributed by atoms with Gasteiger partial charge in [-0.15, -0.1) is 0 Å². The second-order valence-electron chi connectivity index (χ2n) is 8.61. The van der Waals surface area contributed by atoms with Crippen molar-refractivity contribution in [3.05, 3.63) is 111 Å². The number of nitriles is 1. The molecular formula is C29H26N4O3. The van der Waals surface area contributed by atoms with Crippen LogP contribution in [0.25, 0.3) is 11.7 Å². The molecule has 7 nitrogen and oxygen atoms in total. The molecule has 0 aliphatic carbocycles. The summed E-state index contributed by atoms with van der Waals surface area (Å²) >= 11 is 0. The summed E-state index contributed by atoms with van der Waals surface area (Å²) in [5, 5.41) is 12.5. The van der Waals surface area contributed by atoms with E-state index in [0.29, 0.717) is 24.4 Å². The first-order valence-corrected chi connectivity index (χ1v) is 11.6. The Hall–Kier alpha value is -4.70. The molecule has 2 aromatic heterocycles. The first-order chi connectivity index (χ1) is 17.4. The van der Waals surface area contributed by atoms with Crippen molar-refractivity contribution in [1.82, 2.24) is 14.7 Å². The lowest BCUT2D eigenvalue weighted by molar-refractivity contribution is -0.117. The number of fused-ring (bicyclic) bond motifs is 1. The maximum atomic E-state index is 13.5. The number of rotatable bonds is 7. The van der Waals surface area contributed by atoms with Gasteiger partial charge in [-0.05, 0) is 73.7 Å². The topological polar surface area (TPSA) is 96.5 Å². The lowest BCUT2D eigenvalue weighted by Gasteiger charge is -2.12. The molecule has 1 amide bonds. The van der Waals surface area contributed by atoms with Gasteiger partial charge in [-0.25, -0.2) is 0 Å². The summed E-state index contributed by atoms with van der Waals surface area (Å²) in [4.78, 5) is 30.8. The van der Waals surface area contributed by atoms with Crippen LogP contribution in [0.2, 0.25) is 0 Å². The highest BCUT2D eigenvalue weighted by Crippen LogP contribution is 2.26. The summed E-state index contributed by atoms with van der Waals surface area (Å²) in [5.41, 5.74) is 3.65. The van der Waals surface area contributed by atoms with Gasteiger partial charge in [0.25, 0.3) is 11.5 Å². The van der Waals surface area contributed by atoms with E-state index < -0.39 is 11.5 Å². The average Bonchev–Trinajstić information content (AvgIpc) is 2.84.